The smallest absolute Gasteiger partial charge is 0.229 e. The lowest BCUT2D eigenvalue weighted by Gasteiger charge is -2.24. The summed E-state index contributed by atoms with van der Waals surface area (Å²) in [5.74, 6) is 2.82. The third-order valence-electron chi connectivity index (χ3n) is 4.72. The number of anilines is 1. The van der Waals surface area contributed by atoms with Gasteiger partial charge in [-0.05, 0) is 41.8 Å². The zero-order valence-electron chi connectivity index (χ0n) is 17.7. The van der Waals surface area contributed by atoms with Crippen LogP contribution in [0.3, 0.4) is 0 Å². The molecule has 3 rings (SSSR count). The third kappa shape index (κ3) is 5.29. The van der Waals surface area contributed by atoms with Crippen molar-refractivity contribution >= 4 is 5.95 Å². The molecule has 0 saturated carbocycles. The van der Waals surface area contributed by atoms with Gasteiger partial charge in [-0.3, -0.25) is 0 Å². The molecular formula is C24H27N3O3. The summed E-state index contributed by atoms with van der Waals surface area (Å²) in [6.45, 7) is 5.06. The molecule has 0 aliphatic carbocycles. The quantitative estimate of drug-likeness (QED) is 0.465. The maximum absolute atomic E-state index is 5.49. The van der Waals surface area contributed by atoms with Crippen LogP contribution in [0.25, 0.3) is 0 Å². The molecule has 0 fully saturated rings. The summed E-state index contributed by atoms with van der Waals surface area (Å²) in [7, 11) is 4.95. The molecule has 0 amide bonds. The summed E-state index contributed by atoms with van der Waals surface area (Å²) < 4.78 is 16.0. The fraction of sp³-hybridized carbons (Fsp3) is 0.250. The van der Waals surface area contributed by atoms with Crippen LogP contribution in [0.5, 0.6) is 17.4 Å². The number of nitrogens with zero attached hydrogens (tertiary/aromatic N) is 3. The van der Waals surface area contributed by atoms with Crippen molar-refractivity contribution in [2.75, 3.05) is 26.2 Å². The van der Waals surface area contributed by atoms with Gasteiger partial charge in [-0.15, -0.1) is 6.58 Å². The van der Waals surface area contributed by atoms with E-state index in [1.807, 2.05) is 54.6 Å². The monoisotopic (exact) mass is 405 g/mol. The molecule has 30 heavy (non-hydrogen) atoms. The molecule has 3 aromatic rings. The lowest BCUT2D eigenvalue weighted by atomic mass is 10.1. The highest BCUT2D eigenvalue weighted by atomic mass is 16.5. The van der Waals surface area contributed by atoms with Gasteiger partial charge in [0.1, 0.15) is 11.5 Å². The second-order valence-corrected chi connectivity index (χ2v) is 6.75. The molecule has 2 aromatic carbocycles. The van der Waals surface area contributed by atoms with E-state index in [-0.39, 0.29) is 0 Å². The van der Waals surface area contributed by atoms with Crippen LogP contribution in [0.4, 0.5) is 5.95 Å². The fourth-order valence-corrected chi connectivity index (χ4v) is 3.11. The molecule has 0 aliphatic rings. The van der Waals surface area contributed by atoms with Gasteiger partial charge in [0.2, 0.25) is 11.8 Å². The van der Waals surface area contributed by atoms with Crippen LogP contribution in [0, 0.1) is 0 Å². The molecule has 156 valence electrons. The lowest BCUT2D eigenvalue weighted by Crippen LogP contribution is -2.24. The summed E-state index contributed by atoms with van der Waals surface area (Å²) in [6.07, 6.45) is 4.27. The van der Waals surface area contributed by atoms with Crippen LogP contribution in [0.1, 0.15) is 16.7 Å². The molecule has 1 heterocycles. The maximum atomic E-state index is 5.49. The second kappa shape index (κ2) is 10.3. The Balaban J connectivity index is 1.91. The Labute approximate surface area is 177 Å². The van der Waals surface area contributed by atoms with Crippen LogP contribution < -0.4 is 19.1 Å². The number of rotatable bonds is 10. The van der Waals surface area contributed by atoms with Gasteiger partial charge in [0.05, 0.1) is 21.3 Å². The zero-order chi connectivity index (χ0) is 21.3. The third-order valence-corrected chi connectivity index (χ3v) is 4.72. The molecule has 0 radical (unpaired) electrons. The average molecular weight is 405 g/mol. The van der Waals surface area contributed by atoms with Crippen molar-refractivity contribution < 1.29 is 14.2 Å². The van der Waals surface area contributed by atoms with E-state index < -0.39 is 0 Å². The van der Waals surface area contributed by atoms with Crippen molar-refractivity contribution in [1.29, 1.82) is 0 Å². The molecule has 6 heteroatoms. The fourth-order valence-electron chi connectivity index (χ4n) is 3.11. The molecular weight excluding hydrogens is 378 g/mol. The molecule has 0 bridgehead atoms. The number of allylic oxidation sites excluding steroid dienone is 1. The maximum Gasteiger partial charge on any atom is 0.229 e. The van der Waals surface area contributed by atoms with E-state index in [4.69, 9.17) is 14.2 Å². The summed E-state index contributed by atoms with van der Waals surface area (Å²) in [6, 6.07) is 16.0. The number of hydrogen-bond donors (Lipinski definition) is 0. The minimum absolute atomic E-state index is 0.564. The Morgan fingerprint density at radius 1 is 0.833 bits per heavy atom. The Morgan fingerprint density at radius 2 is 1.37 bits per heavy atom. The lowest BCUT2D eigenvalue weighted by molar-refractivity contribution is 0.392. The number of ether oxygens (including phenoxy) is 3. The van der Waals surface area contributed by atoms with Crippen molar-refractivity contribution in [3.63, 3.8) is 0 Å². The topological polar surface area (TPSA) is 56.7 Å². The summed E-state index contributed by atoms with van der Waals surface area (Å²) >= 11 is 0. The second-order valence-electron chi connectivity index (χ2n) is 6.75. The molecule has 0 N–H and O–H groups in total. The Morgan fingerprint density at radius 3 is 1.80 bits per heavy atom. The first-order chi connectivity index (χ1) is 14.7. The van der Waals surface area contributed by atoms with Gasteiger partial charge in [0, 0.05) is 24.8 Å². The minimum atomic E-state index is 0.564. The normalized spacial score (nSPS) is 10.4. The van der Waals surface area contributed by atoms with Crippen LogP contribution >= 0.6 is 0 Å². The number of hydrogen-bond acceptors (Lipinski definition) is 6. The predicted molar refractivity (Wildman–Crippen MR) is 118 cm³/mol. The first kappa shape index (κ1) is 21.2. The number of benzene rings is 2. The Hall–Kier alpha value is -3.54. The molecule has 0 unspecified atom stereocenters. The summed E-state index contributed by atoms with van der Waals surface area (Å²) in [4.78, 5) is 11.4. The van der Waals surface area contributed by atoms with Crippen LogP contribution in [-0.4, -0.2) is 31.3 Å². The molecule has 0 spiro atoms. The Bertz CT molecular complexity index is 907. The van der Waals surface area contributed by atoms with Gasteiger partial charge in [-0.1, -0.05) is 30.3 Å². The minimum Gasteiger partial charge on any atom is -0.497 e. The van der Waals surface area contributed by atoms with Crippen molar-refractivity contribution in [3.8, 4) is 17.4 Å². The number of aromatic nitrogens is 2. The van der Waals surface area contributed by atoms with Crippen molar-refractivity contribution in [1.82, 2.24) is 9.97 Å². The van der Waals surface area contributed by atoms with Gasteiger partial charge >= 0.3 is 0 Å². The molecule has 1 aromatic heterocycles. The van der Waals surface area contributed by atoms with E-state index >= 15 is 0 Å². The SMILES string of the molecule is C=CCc1cnc(N(Cc2ccc(OC)cc2)Cc2ccc(OC)cc2)nc1OC. The molecule has 6 nitrogen and oxygen atoms in total. The van der Waals surface area contributed by atoms with Crippen LogP contribution in [0.15, 0.2) is 67.4 Å². The van der Waals surface area contributed by atoms with Crippen molar-refractivity contribution in [3.05, 3.63) is 84.1 Å². The average Bonchev–Trinajstić information content (AvgIpc) is 2.80. The van der Waals surface area contributed by atoms with E-state index in [2.05, 4.69) is 21.4 Å². The highest BCUT2D eigenvalue weighted by Gasteiger charge is 2.15. The largest absolute Gasteiger partial charge is 0.497 e. The van der Waals surface area contributed by atoms with E-state index in [1.165, 1.54) is 0 Å². The summed E-state index contributed by atoms with van der Waals surface area (Å²) in [5.41, 5.74) is 3.16. The van der Waals surface area contributed by atoms with Crippen molar-refractivity contribution in [2.45, 2.75) is 19.5 Å². The first-order valence-electron chi connectivity index (χ1n) is 9.68. The predicted octanol–water partition coefficient (Wildman–Crippen LogP) is 4.44. The van der Waals surface area contributed by atoms with E-state index in [0.29, 0.717) is 31.3 Å². The Kier molecular flexibility index (Phi) is 7.27. The first-order valence-corrected chi connectivity index (χ1v) is 9.68. The highest BCUT2D eigenvalue weighted by molar-refractivity contribution is 5.40. The van der Waals surface area contributed by atoms with Crippen LogP contribution in [0.2, 0.25) is 0 Å². The van der Waals surface area contributed by atoms with Gasteiger partial charge < -0.3 is 19.1 Å². The molecule has 0 aliphatic heterocycles. The zero-order valence-corrected chi connectivity index (χ0v) is 17.7. The standard InChI is InChI=1S/C24H27N3O3/c1-5-6-20-15-25-24(26-23(20)30-4)27(16-18-7-11-21(28-2)12-8-18)17-19-9-13-22(29-3)14-10-19/h5,7-15H,1,6,16-17H2,2-4H3. The van der Waals surface area contributed by atoms with E-state index in [1.54, 1.807) is 27.5 Å². The van der Waals surface area contributed by atoms with Gasteiger partial charge in [-0.2, -0.15) is 4.98 Å². The highest BCUT2D eigenvalue weighted by Crippen LogP contribution is 2.23. The van der Waals surface area contributed by atoms with E-state index in [0.717, 1.165) is 28.2 Å². The van der Waals surface area contributed by atoms with Gasteiger partial charge in [0.25, 0.3) is 0 Å². The molecule has 0 atom stereocenters. The van der Waals surface area contributed by atoms with Gasteiger partial charge in [-0.25, -0.2) is 4.98 Å². The summed E-state index contributed by atoms with van der Waals surface area (Å²) in [5, 5.41) is 0. The van der Waals surface area contributed by atoms with E-state index in [9.17, 15) is 0 Å². The number of methoxy groups -OCH3 is 3. The molecule has 0 saturated heterocycles. The van der Waals surface area contributed by atoms with Gasteiger partial charge in [0.15, 0.2) is 0 Å². The van der Waals surface area contributed by atoms with Crippen LogP contribution in [-0.2, 0) is 19.5 Å². The van der Waals surface area contributed by atoms with Crippen molar-refractivity contribution in [2.24, 2.45) is 0 Å².